The van der Waals surface area contributed by atoms with Gasteiger partial charge in [0.1, 0.15) is 5.75 Å². The first kappa shape index (κ1) is 20.5. The van der Waals surface area contributed by atoms with Crippen LogP contribution in [0.3, 0.4) is 0 Å². The van der Waals surface area contributed by atoms with Crippen LogP contribution >= 0.6 is 11.3 Å². The molecule has 0 bridgehead atoms. The summed E-state index contributed by atoms with van der Waals surface area (Å²) in [5.41, 5.74) is 2.45. The standard InChI is InChI=1S/C21H23N2O3S2/c1-3-21-22-20(14-27-21)19(13-16-8-5-4-6-9-16)23-28(24,25)15-17-10-7-11-18(12-17)26-2/h5-12,14,19,23H,3,13,15H2,1-2H3/t19-/m0/s1. The first-order valence-corrected chi connectivity index (χ1v) is 11.5. The fourth-order valence-corrected chi connectivity index (χ4v) is 5.03. The lowest BCUT2D eigenvalue weighted by Gasteiger charge is -2.17. The molecule has 1 atom stereocenters. The second kappa shape index (κ2) is 9.32. The Balaban J connectivity index is 1.82. The zero-order valence-electron chi connectivity index (χ0n) is 15.9. The molecule has 1 N–H and O–H groups in total. The summed E-state index contributed by atoms with van der Waals surface area (Å²) in [6.45, 7) is 2.04. The van der Waals surface area contributed by atoms with Gasteiger partial charge in [-0.1, -0.05) is 43.3 Å². The van der Waals surface area contributed by atoms with E-state index >= 15 is 0 Å². The molecule has 1 radical (unpaired) electrons. The average molecular weight is 416 g/mol. The van der Waals surface area contributed by atoms with E-state index in [9.17, 15) is 8.42 Å². The van der Waals surface area contributed by atoms with Gasteiger partial charge in [-0.05, 0) is 42.2 Å². The summed E-state index contributed by atoms with van der Waals surface area (Å²) in [6.07, 6.45) is 1.35. The summed E-state index contributed by atoms with van der Waals surface area (Å²) < 4.78 is 33.8. The summed E-state index contributed by atoms with van der Waals surface area (Å²) >= 11 is 1.55. The topological polar surface area (TPSA) is 68.3 Å². The van der Waals surface area contributed by atoms with Gasteiger partial charge in [0.05, 0.1) is 29.6 Å². The fraction of sp³-hybridized carbons (Fsp3) is 0.286. The van der Waals surface area contributed by atoms with Gasteiger partial charge in [0.15, 0.2) is 0 Å². The minimum atomic E-state index is -3.57. The normalized spacial score (nSPS) is 12.6. The van der Waals surface area contributed by atoms with Crippen LogP contribution in [0.2, 0.25) is 0 Å². The number of sulfonamides is 1. The largest absolute Gasteiger partial charge is 0.497 e. The maximum atomic E-state index is 12.9. The fourth-order valence-electron chi connectivity index (χ4n) is 2.89. The highest BCUT2D eigenvalue weighted by Crippen LogP contribution is 2.23. The van der Waals surface area contributed by atoms with Gasteiger partial charge in [-0.15, -0.1) is 11.3 Å². The van der Waals surface area contributed by atoms with Crippen molar-refractivity contribution in [3.05, 3.63) is 81.8 Å². The molecule has 0 unspecified atom stereocenters. The lowest BCUT2D eigenvalue weighted by molar-refractivity contribution is 0.414. The van der Waals surface area contributed by atoms with Crippen molar-refractivity contribution in [2.24, 2.45) is 0 Å². The number of hydrogen-bond acceptors (Lipinski definition) is 5. The van der Waals surface area contributed by atoms with Gasteiger partial charge in [0.25, 0.3) is 0 Å². The third kappa shape index (κ3) is 5.64. The molecule has 147 valence electrons. The second-order valence-corrected chi connectivity index (χ2v) is 9.11. The molecule has 3 aromatic rings. The molecule has 0 spiro atoms. The van der Waals surface area contributed by atoms with Crippen molar-refractivity contribution < 1.29 is 13.2 Å². The van der Waals surface area contributed by atoms with Crippen LogP contribution in [0.5, 0.6) is 5.75 Å². The number of ether oxygens (including phenoxy) is 1. The van der Waals surface area contributed by atoms with E-state index in [0.29, 0.717) is 17.7 Å². The monoisotopic (exact) mass is 415 g/mol. The third-order valence-corrected chi connectivity index (χ3v) is 6.64. The van der Waals surface area contributed by atoms with Crippen LogP contribution in [0.4, 0.5) is 0 Å². The molecule has 7 heteroatoms. The highest BCUT2D eigenvalue weighted by atomic mass is 32.2. The SMILES string of the molecule is CCc1nc([C@H](Cc2cc[c]cc2)NS(=O)(=O)Cc2cccc(OC)c2)cs1. The highest BCUT2D eigenvalue weighted by Gasteiger charge is 2.23. The minimum Gasteiger partial charge on any atom is -0.497 e. The number of hydrogen-bond donors (Lipinski definition) is 1. The Morgan fingerprint density at radius 3 is 2.68 bits per heavy atom. The van der Waals surface area contributed by atoms with E-state index in [1.807, 2.05) is 36.6 Å². The number of aromatic nitrogens is 1. The van der Waals surface area contributed by atoms with Gasteiger partial charge in [-0.2, -0.15) is 0 Å². The summed E-state index contributed by atoms with van der Waals surface area (Å²) in [5.74, 6) is 0.519. The Kier molecular flexibility index (Phi) is 6.83. The predicted molar refractivity (Wildman–Crippen MR) is 112 cm³/mol. The molecule has 5 nitrogen and oxygen atoms in total. The second-order valence-electron chi connectivity index (χ2n) is 6.41. The predicted octanol–water partition coefficient (Wildman–Crippen LogP) is 3.92. The Bertz CT molecular complexity index is 1000. The minimum absolute atomic E-state index is 0.117. The maximum absolute atomic E-state index is 12.9. The van der Waals surface area contributed by atoms with Crippen LogP contribution in [0.1, 0.15) is 34.8 Å². The van der Waals surface area contributed by atoms with Crippen LogP contribution < -0.4 is 9.46 Å². The number of benzene rings is 2. The van der Waals surface area contributed by atoms with E-state index in [2.05, 4.69) is 15.8 Å². The number of nitrogens with one attached hydrogen (secondary N) is 1. The number of rotatable bonds is 9. The zero-order valence-corrected chi connectivity index (χ0v) is 17.5. The van der Waals surface area contributed by atoms with Crippen LogP contribution in [0.15, 0.2) is 53.9 Å². The Morgan fingerprint density at radius 1 is 1.21 bits per heavy atom. The molecule has 0 saturated heterocycles. The molecule has 1 heterocycles. The molecule has 0 aliphatic rings. The lowest BCUT2D eigenvalue weighted by Crippen LogP contribution is -2.31. The van der Waals surface area contributed by atoms with Crippen molar-refractivity contribution in [3.8, 4) is 5.75 Å². The first-order chi connectivity index (χ1) is 13.5. The molecule has 0 amide bonds. The molecule has 0 fully saturated rings. The van der Waals surface area contributed by atoms with Gasteiger partial charge in [0, 0.05) is 5.38 Å². The number of nitrogens with zero attached hydrogens (tertiary/aromatic N) is 1. The van der Waals surface area contributed by atoms with Crippen molar-refractivity contribution in [1.29, 1.82) is 0 Å². The Hall–Kier alpha value is -2.22. The van der Waals surface area contributed by atoms with Crippen LogP contribution in [0.25, 0.3) is 0 Å². The van der Waals surface area contributed by atoms with Crippen molar-refractivity contribution >= 4 is 21.4 Å². The molecular weight excluding hydrogens is 392 g/mol. The Morgan fingerprint density at radius 2 is 2.00 bits per heavy atom. The summed E-state index contributed by atoms with van der Waals surface area (Å²) in [5, 5.41) is 2.93. The van der Waals surface area contributed by atoms with Gasteiger partial charge < -0.3 is 4.74 Å². The number of methoxy groups -OCH3 is 1. The van der Waals surface area contributed by atoms with E-state index in [-0.39, 0.29) is 5.75 Å². The van der Waals surface area contributed by atoms with E-state index in [0.717, 1.165) is 22.7 Å². The smallest absolute Gasteiger partial charge is 0.216 e. The van der Waals surface area contributed by atoms with E-state index in [1.165, 1.54) is 0 Å². The van der Waals surface area contributed by atoms with Crippen molar-refractivity contribution in [3.63, 3.8) is 0 Å². The third-order valence-electron chi connectivity index (χ3n) is 4.27. The lowest BCUT2D eigenvalue weighted by atomic mass is 10.1. The summed E-state index contributed by atoms with van der Waals surface area (Å²) in [7, 11) is -2.01. The van der Waals surface area contributed by atoms with Crippen LogP contribution in [-0.2, 0) is 28.6 Å². The van der Waals surface area contributed by atoms with Crippen LogP contribution in [-0.4, -0.2) is 20.5 Å². The maximum Gasteiger partial charge on any atom is 0.216 e. The molecule has 0 aliphatic carbocycles. The molecule has 3 rings (SSSR count). The van der Waals surface area contributed by atoms with Crippen molar-refractivity contribution in [2.45, 2.75) is 31.6 Å². The molecule has 28 heavy (non-hydrogen) atoms. The van der Waals surface area contributed by atoms with Gasteiger partial charge in [0.2, 0.25) is 10.0 Å². The zero-order chi connectivity index (χ0) is 20.0. The Labute approximate surface area is 170 Å². The first-order valence-electron chi connectivity index (χ1n) is 9.01. The average Bonchev–Trinajstić information content (AvgIpc) is 3.17. The van der Waals surface area contributed by atoms with Gasteiger partial charge >= 0.3 is 0 Å². The summed E-state index contributed by atoms with van der Waals surface area (Å²) in [4.78, 5) is 4.61. The number of thiazole rings is 1. The molecule has 2 aromatic carbocycles. The highest BCUT2D eigenvalue weighted by molar-refractivity contribution is 7.88. The molecular formula is C21H23N2O3S2. The van der Waals surface area contributed by atoms with Crippen molar-refractivity contribution in [1.82, 2.24) is 9.71 Å². The number of aryl methyl sites for hydroxylation is 1. The summed E-state index contributed by atoms with van der Waals surface area (Å²) in [6, 6.07) is 17.2. The molecule has 0 aliphatic heterocycles. The van der Waals surface area contributed by atoms with Crippen LogP contribution in [0, 0.1) is 6.07 Å². The molecule has 0 saturated carbocycles. The van der Waals surface area contributed by atoms with E-state index in [4.69, 9.17) is 4.74 Å². The van der Waals surface area contributed by atoms with E-state index in [1.54, 1.807) is 42.7 Å². The molecule has 1 aromatic heterocycles. The van der Waals surface area contributed by atoms with Crippen molar-refractivity contribution in [2.75, 3.05) is 7.11 Å². The van der Waals surface area contributed by atoms with E-state index < -0.39 is 16.1 Å². The quantitative estimate of drug-likeness (QED) is 0.575. The van der Waals surface area contributed by atoms with Gasteiger partial charge in [-0.25, -0.2) is 18.1 Å². The van der Waals surface area contributed by atoms with Gasteiger partial charge in [-0.3, -0.25) is 0 Å².